The summed E-state index contributed by atoms with van der Waals surface area (Å²) in [5.41, 5.74) is 3.55. The van der Waals surface area contributed by atoms with E-state index >= 15 is 0 Å². The standard InChI is InChI=1S/C15H20O2/c1-10-7-8-12(15(3,4)5)9-13(10)11(2)14(16)17-6/h7-9H,2H2,1,3-6H3. The van der Waals surface area contributed by atoms with Crippen molar-refractivity contribution in [1.82, 2.24) is 0 Å². The predicted molar refractivity (Wildman–Crippen MR) is 70.9 cm³/mol. The molecule has 0 spiro atoms. The third-order valence-electron chi connectivity index (χ3n) is 2.86. The molecule has 92 valence electrons. The number of rotatable bonds is 2. The first-order valence-electron chi connectivity index (χ1n) is 5.66. The van der Waals surface area contributed by atoms with Gasteiger partial charge in [0.2, 0.25) is 0 Å². The third-order valence-corrected chi connectivity index (χ3v) is 2.86. The number of ether oxygens (including phenoxy) is 1. The van der Waals surface area contributed by atoms with Gasteiger partial charge in [-0.05, 0) is 29.0 Å². The first-order chi connectivity index (χ1) is 7.77. The number of benzene rings is 1. The van der Waals surface area contributed by atoms with Crippen LogP contribution < -0.4 is 0 Å². The zero-order valence-electron chi connectivity index (χ0n) is 11.3. The molecule has 0 aliphatic carbocycles. The van der Waals surface area contributed by atoms with E-state index < -0.39 is 0 Å². The Bertz CT molecular complexity index is 450. The molecule has 17 heavy (non-hydrogen) atoms. The molecule has 0 saturated heterocycles. The molecule has 0 radical (unpaired) electrons. The fraction of sp³-hybridized carbons (Fsp3) is 0.400. The molecule has 0 aliphatic rings. The molecule has 0 fully saturated rings. The Kier molecular flexibility index (Phi) is 3.76. The van der Waals surface area contributed by atoms with Crippen molar-refractivity contribution in [3.05, 3.63) is 41.5 Å². The van der Waals surface area contributed by atoms with Gasteiger partial charge in [-0.1, -0.05) is 45.5 Å². The molecule has 0 amide bonds. The molecular weight excluding hydrogens is 212 g/mol. The van der Waals surface area contributed by atoms with Gasteiger partial charge in [-0.15, -0.1) is 0 Å². The monoisotopic (exact) mass is 232 g/mol. The Balaban J connectivity index is 3.25. The van der Waals surface area contributed by atoms with E-state index in [4.69, 9.17) is 4.74 Å². The van der Waals surface area contributed by atoms with Crippen LogP contribution in [-0.4, -0.2) is 13.1 Å². The van der Waals surface area contributed by atoms with Crippen molar-refractivity contribution in [2.75, 3.05) is 7.11 Å². The molecule has 0 aromatic heterocycles. The lowest BCUT2D eigenvalue weighted by atomic mass is 9.84. The Morgan fingerprint density at radius 2 is 1.88 bits per heavy atom. The molecule has 2 heteroatoms. The van der Waals surface area contributed by atoms with Gasteiger partial charge in [0.1, 0.15) is 0 Å². The van der Waals surface area contributed by atoms with Crippen LogP contribution in [-0.2, 0) is 14.9 Å². The van der Waals surface area contributed by atoms with Gasteiger partial charge in [0, 0.05) is 0 Å². The van der Waals surface area contributed by atoms with Gasteiger partial charge in [-0.2, -0.15) is 0 Å². The molecule has 0 heterocycles. The SMILES string of the molecule is C=C(C(=O)OC)c1cc(C(C)(C)C)ccc1C. The van der Waals surface area contributed by atoms with Crippen molar-refractivity contribution in [2.45, 2.75) is 33.1 Å². The second-order valence-corrected chi connectivity index (χ2v) is 5.25. The molecule has 1 aromatic carbocycles. The number of aryl methyl sites for hydroxylation is 1. The second-order valence-electron chi connectivity index (χ2n) is 5.25. The molecule has 2 nitrogen and oxygen atoms in total. The number of hydrogen-bond acceptors (Lipinski definition) is 2. The van der Waals surface area contributed by atoms with E-state index in [9.17, 15) is 4.79 Å². The predicted octanol–water partition coefficient (Wildman–Crippen LogP) is 3.48. The first kappa shape index (κ1) is 13.5. The van der Waals surface area contributed by atoms with Crippen molar-refractivity contribution in [3.63, 3.8) is 0 Å². The second kappa shape index (κ2) is 4.74. The summed E-state index contributed by atoms with van der Waals surface area (Å²) in [5.74, 6) is -0.376. The molecule has 0 N–H and O–H groups in total. The summed E-state index contributed by atoms with van der Waals surface area (Å²) in [4.78, 5) is 11.5. The van der Waals surface area contributed by atoms with Gasteiger partial charge in [-0.3, -0.25) is 0 Å². The minimum atomic E-state index is -0.376. The van der Waals surface area contributed by atoms with E-state index in [-0.39, 0.29) is 11.4 Å². The smallest absolute Gasteiger partial charge is 0.337 e. The summed E-state index contributed by atoms with van der Waals surface area (Å²) < 4.78 is 4.71. The maximum atomic E-state index is 11.5. The van der Waals surface area contributed by atoms with Crippen LogP contribution in [0.3, 0.4) is 0 Å². The lowest BCUT2D eigenvalue weighted by Gasteiger charge is -2.21. The highest BCUT2D eigenvalue weighted by molar-refractivity contribution is 6.16. The molecule has 0 saturated carbocycles. The van der Waals surface area contributed by atoms with Gasteiger partial charge in [0.05, 0.1) is 12.7 Å². The molecule has 0 bridgehead atoms. The number of hydrogen-bond donors (Lipinski definition) is 0. The average Bonchev–Trinajstić information content (AvgIpc) is 2.26. The lowest BCUT2D eigenvalue weighted by Crippen LogP contribution is -2.12. The van der Waals surface area contributed by atoms with Crippen molar-refractivity contribution < 1.29 is 9.53 Å². The Labute approximate surface area is 103 Å². The molecule has 0 atom stereocenters. The first-order valence-corrected chi connectivity index (χ1v) is 5.66. The van der Waals surface area contributed by atoms with Crippen molar-refractivity contribution in [3.8, 4) is 0 Å². The minimum Gasteiger partial charge on any atom is -0.465 e. The van der Waals surface area contributed by atoms with E-state index in [1.54, 1.807) is 0 Å². The average molecular weight is 232 g/mol. The molecule has 1 aromatic rings. The molecular formula is C15H20O2. The zero-order chi connectivity index (χ0) is 13.2. The van der Waals surface area contributed by atoms with Crippen molar-refractivity contribution in [2.24, 2.45) is 0 Å². The van der Waals surface area contributed by atoms with Crippen LogP contribution in [0, 0.1) is 6.92 Å². The topological polar surface area (TPSA) is 26.3 Å². The van der Waals surface area contributed by atoms with Gasteiger partial charge in [-0.25, -0.2) is 4.79 Å². The number of carbonyl (C=O) groups is 1. The van der Waals surface area contributed by atoms with E-state index in [2.05, 4.69) is 33.4 Å². The molecule has 0 aliphatic heterocycles. The lowest BCUT2D eigenvalue weighted by molar-refractivity contribution is -0.133. The minimum absolute atomic E-state index is 0.0544. The van der Waals surface area contributed by atoms with Gasteiger partial charge < -0.3 is 4.74 Å². The number of carbonyl (C=O) groups excluding carboxylic acids is 1. The highest BCUT2D eigenvalue weighted by atomic mass is 16.5. The van der Waals surface area contributed by atoms with Gasteiger partial charge >= 0.3 is 5.97 Å². The van der Waals surface area contributed by atoms with Crippen LogP contribution in [0.5, 0.6) is 0 Å². The summed E-state index contributed by atoms with van der Waals surface area (Å²) in [6, 6.07) is 6.13. The van der Waals surface area contributed by atoms with E-state index in [1.807, 2.05) is 19.1 Å². The van der Waals surface area contributed by atoms with E-state index in [1.165, 1.54) is 12.7 Å². The summed E-state index contributed by atoms with van der Waals surface area (Å²) >= 11 is 0. The van der Waals surface area contributed by atoms with E-state index in [0.29, 0.717) is 5.57 Å². The summed E-state index contributed by atoms with van der Waals surface area (Å²) in [7, 11) is 1.37. The summed E-state index contributed by atoms with van der Waals surface area (Å²) in [6.07, 6.45) is 0. The summed E-state index contributed by atoms with van der Waals surface area (Å²) in [6.45, 7) is 12.2. The maximum absolute atomic E-state index is 11.5. The maximum Gasteiger partial charge on any atom is 0.337 e. The van der Waals surface area contributed by atoms with Crippen LogP contribution in [0.25, 0.3) is 5.57 Å². The van der Waals surface area contributed by atoms with Crippen molar-refractivity contribution in [1.29, 1.82) is 0 Å². The zero-order valence-corrected chi connectivity index (χ0v) is 11.3. The normalized spacial score (nSPS) is 11.1. The Morgan fingerprint density at radius 3 is 2.35 bits per heavy atom. The largest absolute Gasteiger partial charge is 0.465 e. The van der Waals surface area contributed by atoms with Crippen LogP contribution in [0.4, 0.5) is 0 Å². The third kappa shape index (κ3) is 2.96. The van der Waals surface area contributed by atoms with Gasteiger partial charge in [0.25, 0.3) is 0 Å². The highest BCUT2D eigenvalue weighted by Crippen LogP contribution is 2.27. The molecule has 1 rings (SSSR count). The fourth-order valence-electron chi connectivity index (χ4n) is 1.65. The van der Waals surface area contributed by atoms with Crippen LogP contribution in [0.15, 0.2) is 24.8 Å². The van der Waals surface area contributed by atoms with E-state index in [0.717, 1.165) is 11.1 Å². The van der Waals surface area contributed by atoms with Crippen LogP contribution in [0.1, 0.15) is 37.5 Å². The summed E-state index contributed by atoms with van der Waals surface area (Å²) in [5, 5.41) is 0. The quantitative estimate of drug-likeness (QED) is 0.576. The Morgan fingerprint density at radius 1 is 1.29 bits per heavy atom. The fourth-order valence-corrected chi connectivity index (χ4v) is 1.65. The van der Waals surface area contributed by atoms with Crippen molar-refractivity contribution >= 4 is 11.5 Å². The van der Waals surface area contributed by atoms with Crippen LogP contribution in [0.2, 0.25) is 0 Å². The van der Waals surface area contributed by atoms with Crippen LogP contribution >= 0.6 is 0 Å². The molecule has 0 unspecified atom stereocenters. The highest BCUT2D eigenvalue weighted by Gasteiger charge is 2.18. The number of methoxy groups -OCH3 is 1. The van der Waals surface area contributed by atoms with Gasteiger partial charge in [0.15, 0.2) is 0 Å². The number of esters is 1. The Hall–Kier alpha value is -1.57.